The van der Waals surface area contributed by atoms with Crippen molar-refractivity contribution in [3.8, 4) is 0 Å². The fraction of sp³-hybridized carbons (Fsp3) is 0.600. The molecule has 1 aromatic rings. The molecule has 0 amide bonds. The lowest BCUT2D eigenvalue weighted by molar-refractivity contribution is 0.267. The van der Waals surface area contributed by atoms with Crippen molar-refractivity contribution in [2.45, 2.75) is 71.3 Å². The van der Waals surface area contributed by atoms with Gasteiger partial charge in [-0.3, -0.25) is 0 Å². The van der Waals surface area contributed by atoms with Crippen molar-refractivity contribution < 1.29 is 0 Å². The van der Waals surface area contributed by atoms with Gasteiger partial charge in [-0.1, -0.05) is 70.2 Å². The molecule has 0 aromatic heterocycles. The van der Waals surface area contributed by atoms with Gasteiger partial charge in [0, 0.05) is 11.5 Å². The Morgan fingerprint density at radius 2 is 1.71 bits per heavy atom. The summed E-state index contributed by atoms with van der Waals surface area (Å²) >= 11 is 0. The van der Waals surface area contributed by atoms with Crippen LogP contribution in [0.3, 0.4) is 0 Å². The predicted octanol–water partition coefficient (Wildman–Crippen LogP) is 5.47. The number of rotatable bonds is 10. The molecule has 0 radical (unpaired) electrons. The van der Waals surface area contributed by atoms with Crippen LogP contribution in [0, 0.1) is 0 Å². The van der Waals surface area contributed by atoms with Crippen molar-refractivity contribution in [1.82, 2.24) is 5.32 Å². The Balaban J connectivity index is 3.14. The van der Waals surface area contributed by atoms with E-state index in [0.717, 1.165) is 32.2 Å². The molecule has 1 nitrogen and oxygen atoms in total. The van der Waals surface area contributed by atoms with Gasteiger partial charge in [-0.2, -0.15) is 0 Å². The van der Waals surface area contributed by atoms with Crippen LogP contribution in [0.5, 0.6) is 0 Å². The van der Waals surface area contributed by atoms with Gasteiger partial charge in [-0.05, 0) is 44.2 Å². The molecular weight excluding hydrogens is 254 g/mol. The first-order valence-electron chi connectivity index (χ1n) is 8.60. The molecule has 118 valence electrons. The fourth-order valence-electron chi connectivity index (χ4n) is 3.34. The molecule has 0 fully saturated rings. The van der Waals surface area contributed by atoms with Gasteiger partial charge in [-0.15, -0.1) is 0 Å². The summed E-state index contributed by atoms with van der Waals surface area (Å²) in [5.41, 5.74) is 3.02. The van der Waals surface area contributed by atoms with Crippen molar-refractivity contribution in [1.29, 1.82) is 0 Å². The van der Waals surface area contributed by atoms with E-state index in [1.165, 1.54) is 17.6 Å². The zero-order valence-corrected chi connectivity index (χ0v) is 14.4. The van der Waals surface area contributed by atoms with Crippen molar-refractivity contribution in [2.24, 2.45) is 0 Å². The Hall–Kier alpha value is -1.08. The fourth-order valence-corrected chi connectivity index (χ4v) is 3.34. The van der Waals surface area contributed by atoms with E-state index >= 15 is 0 Å². The molecule has 1 atom stereocenters. The molecule has 1 aromatic carbocycles. The second kappa shape index (κ2) is 9.04. The summed E-state index contributed by atoms with van der Waals surface area (Å²) in [6, 6.07) is 11.5. The lowest BCUT2D eigenvalue weighted by Crippen LogP contribution is -2.48. The number of hydrogen-bond donors (Lipinski definition) is 1. The van der Waals surface area contributed by atoms with Crippen molar-refractivity contribution in [3.63, 3.8) is 0 Å². The van der Waals surface area contributed by atoms with E-state index in [-0.39, 0.29) is 5.41 Å². The highest BCUT2D eigenvalue weighted by atomic mass is 14.9. The monoisotopic (exact) mass is 287 g/mol. The van der Waals surface area contributed by atoms with Gasteiger partial charge in [0.25, 0.3) is 0 Å². The standard InChI is InChI=1S/C20H33N/c1-6-15-21-19(16-17(5)7-2)20(8-3,9-4)18-13-11-10-12-14-18/h10-14,19,21H,5-9,15-16H2,1-4H3. The Morgan fingerprint density at radius 1 is 1.10 bits per heavy atom. The van der Waals surface area contributed by atoms with Crippen molar-refractivity contribution >= 4 is 0 Å². The van der Waals surface area contributed by atoms with E-state index < -0.39 is 0 Å². The van der Waals surface area contributed by atoms with Gasteiger partial charge < -0.3 is 5.32 Å². The molecule has 1 heteroatoms. The molecule has 1 rings (SSSR count). The predicted molar refractivity (Wildman–Crippen MR) is 94.8 cm³/mol. The van der Waals surface area contributed by atoms with Gasteiger partial charge in [0.15, 0.2) is 0 Å². The van der Waals surface area contributed by atoms with Crippen LogP contribution in [-0.4, -0.2) is 12.6 Å². The highest BCUT2D eigenvalue weighted by Gasteiger charge is 2.36. The quantitative estimate of drug-likeness (QED) is 0.563. The molecule has 21 heavy (non-hydrogen) atoms. The number of nitrogens with one attached hydrogen (secondary N) is 1. The molecule has 0 saturated carbocycles. The molecule has 0 aliphatic carbocycles. The summed E-state index contributed by atoms with van der Waals surface area (Å²) in [5.74, 6) is 0. The summed E-state index contributed by atoms with van der Waals surface area (Å²) < 4.78 is 0. The Labute approximate surface area is 131 Å². The third-order valence-electron chi connectivity index (χ3n) is 4.91. The van der Waals surface area contributed by atoms with Crippen LogP contribution < -0.4 is 5.32 Å². The van der Waals surface area contributed by atoms with Crippen LogP contribution in [0.4, 0.5) is 0 Å². The molecule has 0 heterocycles. The van der Waals surface area contributed by atoms with Crippen LogP contribution in [0.25, 0.3) is 0 Å². The summed E-state index contributed by atoms with van der Waals surface area (Å²) in [7, 11) is 0. The molecule has 0 saturated heterocycles. The maximum Gasteiger partial charge on any atom is 0.0201 e. The van der Waals surface area contributed by atoms with E-state index in [1.54, 1.807) is 0 Å². The van der Waals surface area contributed by atoms with Gasteiger partial charge in [0.05, 0.1) is 0 Å². The Kier molecular flexibility index (Phi) is 7.74. The lowest BCUT2D eigenvalue weighted by atomic mass is 9.68. The topological polar surface area (TPSA) is 12.0 Å². The molecule has 0 bridgehead atoms. The van der Waals surface area contributed by atoms with Gasteiger partial charge >= 0.3 is 0 Å². The van der Waals surface area contributed by atoms with Crippen LogP contribution in [0.2, 0.25) is 0 Å². The minimum Gasteiger partial charge on any atom is -0.313 e. The van der Waals surface area contributed by atoms with Crippen molar-refractivity contribution in [2.75, 3.05) is 6.54 Å². The smallest absolute Gasteiger partial charge is 0.0201 e. The van der Waals surface area contributed by atoms with E-state index in [2.05, 4.69) is 69.9 Å². The van der Waals surface area contributed by atoms with Crippen LogP contribution >= 0.6 is 0 Å². The highest BCUT2D eigenvalue weighted by Crippen LogP contribution is 2.37. The molecule has 0 aliphatic heterocycles. The van der Waals surface area contributed by atoms with Gasteiger partial charge in [0.1, 0.15) is 0 Å². The van der Waals surface area contributed by atoms with E-state index in [4.69, 9.17) is 0 Å². The van der Waals surface area contributed by atoms with E-state index in [1.807, 2.05) is 0 Å². The summed E-state index contributed by atoms with van der Waals surface area (Å²) in [6.45, 7) is 14.4. The first-order valence-corrected chi connectivity index (χ1v) is 8.60. The third-order valence-corrected chi connectivity index (χ3v) is 4.91. The zero-order valence-electron chi connectivity index (χ0n) is 14.4. The number of hydrogen-bond acceptors (Lipinski definition) is 1. The van der Waals surface area contributed by atoms with Gasteiger partial charge in [0.2, 0.25) is 0 Å². The molecular formula is C20H33N. The van der Waals surface area contributed by atoms with Gasteiger partial charge in [-0.25, -0.2) is 0 Å². The average molecular weight is 287 g/mol. The first kappa shape index (κ1) is 18.0. The number of benzene rings is 1. The van der Waals surface area contributed by atoms with Crippen LogP contribution in [-0.2, 0) is 5.41 Å². The minimum absolute atomic E-state index is 0.203. The third kappa shape index (κ3) is 4.44. The second-order valence-electron chi connectivity index (χ2n) is 6.04. The zero-order chi connectivity index (χ0) is 15.7. The highest BCUT2D eigenvalue weighted by molar-refractivity contribution is 5.28. The molecule has 0 spiro atoms. The molecule has 0 aliphatic rings. The average Bonchev–Trinajstić information content (AvgIpc) is 2.54. The summed E-state index contributed by atoms with van der Waals surface area (Å²) in [5, 5.41) is 3.82. The normalized spacial score (nSPS) is 13.1. The maximum absolute atomic E-state index is 4.26. The molecule has 1 unspecified atom stereocenters. The maximum atomic E-state index is 4.26. The second-order valence-corrected chi connectivity index (χ2v) is 6.04. The van der Waals surface area contributed by atoms with E-state index in [0.29, 0.717) is 6.04 Å². The van der Waals surface area contributed by atoms with Crippen LogP contribution in [0.15, 0.2) is 42.5 Å². The lowest BCUT2D eigenvalue weighted by Gasteiger charge is -2.41. The van der Waals surface area contributed by atoms with Crippen molar-refractivity contribution in [3.05, 3.63) is 48.0 Å². The van der Waals surface area contributed by atoms with Crippen LogP contribution in [0.1, 0.15) is 65.4 Å². The Bertz CT molecular complexity index is 403. The minimum atomic E-state index is 0.203. The Morgan fingerprint density at radius 3 is 2.19 bits per heavy atom. The molecule has 1 N–H and O–H groups in total. The first-order chi connectivity index (χ1) is 10.1. The van der Waals surface area contributed by atoms with E-state index in [9.17, 15) is 0 Å². The SMILES string of the molecule is C=C(CC)CC(NCCC)C(CC)(CC)c1ccccc1. The summed E-state index contributed by atoms with van der Waals surface area (Å²) in [6.07, 6.45) is 5.64. The largest absolute Gasteiger partial charge is 0.313 e. The summed E-state index contributed by atoms with van der Waals surface area (Å²) in [4.78, 5) is 0.